The molecular weight excluding hydrogens is 242 g/mol. The van der Waals surface area contributed by atoms with Crippen molar-refractivity contribution in [1.29, 1.82) is 0 Å². The van der Waals surface area contributed by atoms with Crippen molar-refractivity contribution in [2.45, 2.75) is 20.0 Å². The maximum Gasteiger partial charge on any atom is 0.234 e. The van der Waals surface area contributed by atoms with Crippen LogP contribution in [0.4, 0.5) is 5.82 Å². The van der Waals surface area contributed by atoms with Crippen LogP contribution >= 0.6 is 11.6 Å². The predicted molar refractivity (Wildman–Crippen MR) is 64.3 cm³/mol. The molecule has 90 valence electrons. The van der Waals surface area contributed by atoms with E-state index < -0.39 is 0 Å². The van der Waals surface area contributed by atoms with Crippen LogP contribution in [0.15, 0.2) is 18.6 Å². The average Bonchev–Trinajstić information content (AvgIpc) is 2.59. The van der Waals surface area contributed by atoms with E-state index in [4.69, 9.17) is 22.1 Å². The van der Waals surface area contributed by atoms with E-state index in [0.717, 1.165) is 0 Å². The van der Waals surface area contributed by atoms with Gasteiger partial charge in [-0.1, -0.05) is 11.6 Å². The summed E-state index contributed by atoms with van der Waals surface area (Å²) in [6.45, 7) is 3.83. The molecule has 0 aliphatic carbocycles. The molecule has 2 aromatic rings. The Hall–Kier alpha value is -1.82. The van der Waals surface area contributed by atoms with Crippen molar-refractivity contribution in [2.24, 2.45) is 0 Å². The van der Waals surface area contributed by atoms with Crippen LogP contribution < -0.4 is 10.5 Å². The minimum absolute atomic E-state index is 0.0332. The van der Waals surface area contributed by atoms with Crippen molar-refractivity contribution in [3.05, 3.63) is 23.6 Å². The minimum Gasteiger partial charge on any atom is -0.474 e. The van der Waals surface area contributed by atoms with Crippen LogP contribution in [0.5, 0.6) is 5.88 Å². The molecule has 0 amide bonds. The van der Waals surface area contributed by atoms with Gasteiger partial charge in [-0.2, -0.15) is 4.98 Å². The Morgan fingerprint density at radius 3 is 2.76 bits per heavy atom. The number of ether oxygens (including phenoxy) is 1. The quantitative estimate of drug-likeness (QED) is 0.900. The second-order valence-corrected chi connectivity index (χ2v) is 4.10. The van der Waals surface area contributed by atoms with E-state index in [9.17, 15) is 0 Å². The van der Waals surface area contributed by atoms with E-state index in [1.165, 1.54) is 10.9 Å². The largest absolute Gasteiger partial charge is 0.474 e. The summed E-state index contributed by atoms with van der Waals surface area (Å²) in [4.78, 5) is 8.26. The van der Waals surface area contributed by atoms with Crippen molar-refractivity contribution >= 4 is 17.4 Å². The molecule has 0 unspecified atom stereocenters. The fourth-order valence-electron chi connectivity index (χ4n) is 1.23. The van der Waals surface area contributed by atoms with E-state index in [1.54, 1.807) is 12.4 Å². The lowest BCUT2D eigenvalue weighted by molar-refractivity contribution is 0.231. The summed E-state index contributed by atoms with van der Waals surface area (Å²) in [5, 5.41) is 4.38. The van der Waals surface area contributed by atoms with Gasteiger partial charge in [-0.25, -0.2) is 4.68 Å². The van der Waals surface area contributed by atoms with Gasteiger partial charge in [-0.05, 0) is 13.8 Å². The summed E-state index contributed by atoms with van der Waals surface area (Å²) in [7, 11) is 0. The van der Waals surface area contributed by atoms with Crippen molar-refractivity contribution in [2.75, 3.05) is 5.73 Å². The third-order valence-electron chi connectivity index (χ3n) is 1.89. The van der Waals surface area contributed by atoms with Crippen molar-refractivity contribution in [3.63, 3.8) is 0 Å². The van der Waals surface area contributed by atoms with Crippen LogP contribution in [0, 0.1) is 0 Å². The summed E-state index contributed by atoms with van der Waals surface area (Å²) < 4.78 is 6.89. The van der Waals surface area contributed by atoms with Crippen LogP contribution in [0.25, 0.3) is 5.82 Å². The van der Waals surface area contributed by atoms with Gasteiger partial charge in [0.25, 0.3) is 0 Å². The Labute approximate surface area is 103 Å². The average molecular weight is 254 g/mol. The monoisotopic (exact) mass is 253 g/mol. The first-order valence-electron chi connectivity index (χ1n) is 5.06. The van der Waals surface area contributed by atoms with Gasteiger partial charge in [0.15, 0.2) is 11.6 Å². The molecule has 0 radical (unpaired) electrons. The summed E-state index contributed by atoms with van der Waals surface area (Å²) in [6, 6.07) is 0. The highest BCUT2D eigenvalue weighted by Crippen LogP contribution is 2.18. The van der Waals surface area contributed by atoms with Crippen molar-refractivity contribution in [3.8, 4) is 11.7 Å². The van der Waals surface area contributed by atoms with E-state index in [1.807, 2.05) is 13.8 Å². The fraction of sp³-hybridized carbons (Fsp3) is 0.300. The molecule has 2 N–H and O–H groups in total. The Kier molecular flexibility index (Phi) is 3.14. The molecule has 2 aromatic heterocycles. The van der Waals surface area contributed by atoms with Crippen LogP contribution in [0.3, 0.4) is 0 Å². The Morgan fingerprint density at radius 2 is 2.18 bits per heavy atom. The molecule has 2 heterocycles. The molecule has 0 bridgehead atoms. The van der Waals surface area contributed by atoms with Gasteiger partial charge in [0.05, 0.1) is 24.7 Å². The molecule has 0 spiro atoms. The fourth-order valence-corrected chi connectivity index (χ4v) is 1.36. The SMILES string of the molecule is CC(C)Oc1cncc(-n2cc(Cl)c(N)n2)n1. The van der Waals surface area contributed by atoms with Gasteiger partial charge in [0.2, 0.25) is 5.88 Å². The molecule has 2 rings (SSSR count). The first-order valence-corrected chi connectivity index (χ1v) is 5.44. The van der Waals surface area contributed by atoms with E-state index in [2.05, 4.69) is 15.1 Å². The standard InChI is InChI=1S/C10H12ClN5O/c1-6(2)17-9-4-13-3-8(14-9)16-5-7(11)10(12)15-16/h3-6H,1-2H3,(H2,12,15). The first-order chi connectivity index (χ1) is 8.06. The summed E-state index contributed by atoms with van der Waals surface area (Å²) in [5.41, 5.74) is 5.55. The number of hydrogen-bond donors (Lipinski definition) is 1. The molecule has 0 fully saturated rings. The third kappa shape index (κ3) is 2.65. The zero-order valence-electron chi connectivity index (χ0n) is 9.46. The molecule has 0 saturated heterocycles. The summed E-state index contributed by atoms with van der Waals surface area (Å²) >= 11 is 5.82. The lowest BCUT2D eigenvalue weighted by Crippen LogP contribution is -2.09. The maximum absolute atomic E-state index is 5.82. The summed E-state index contributed by atoms with van der Waals surface area (Å²) in [6.07, 6.45) is 4.69. The first kappa shape index (κ1) is 11.7. The maximum atomic E-state index is 5.82. The number of aromatic nitrogens is 4. The Balaban J connectivity index is 2.32. The highest BCUT2D eigenvalue weighted by Gasteiger charge is 2.08. The smallest absolute Gasteiger partial charge is 0.234 e. The Morgan fingerprint density at radius 1 is 1.41 bits per heavy atom. The van der Waals surface area contributed by atoms with Crippen molar-refractivity contribution in [1.82, 2.24) is 19.7 Å². The van der Waals surface area contributed by atoms with Gasteiger partial charge in [0.1, 0.15) is 5.02 Å². The highest BCUT2D eigenvalue weighted by atomic mass is 35.5. The number of nitrogens with two attached hydrogens (primary N) is 1. The Bertz CT molecular complexity index is 506. The molecule has 0 aromatic carbocycles. The van der Waals surface area contributed by atoms with Gasteiger partial charge >= 0.3 is 0 Å². The molecule has 17 heavy (non-hydrogen) atoms. The highest BCUT2D eigenvalue weighted by molar-refractivity contribution is 6.32. The molecule has 0 aliphatic rings. The van der Waals surface area contributed by atoms with Crippen LogP contribution in [-0.2, 0) is 0 Å². The zero-order chi connectivity index (χ0) is 12.4. The third-order valence-corrected chi connectivity index (χ3v) is 2.18. The predicted octanol–water partition coefficient (Wildman–Crippen LogP) is 1.69. The zero-order valence-corrected chi connectivity index (χ0v) is 10.2. The molecule has 0 saturated carbocycles. The normalized spacial score (nSPS) is 10.8. The van der Waals surface area contributed by atoms with Crippen LogP contribution in [0.2, 0.25) is 5.02 Å². The molecule has 7 heteroatoms. The van der Waals surface area contributed by atoms with Gasteiger partial charge in [-0.3, -0.25) is 4.98 Å². The number of halogens is 1. The minimum atomic E-state index is 0.0332. The van der Waals surface area contributed by atoms with Gasteiger partial charge < -0.3 is 10.5 Å². The second kappa shape index (κ2) is 4.58. The van der Waals surface area contributed by atoms with Crippen LogP contribution in [-0.4, -0.2) is 25.9 Å². The molecule has 0 atom stereocenters. The van der Waals surface area contributed by atoms with Crippen molar-refractivity contribution < 1.29 is 4.74 Å². The second-order valence-electron chi connectivity index (χ2n) is 3.69. The lowest BCUT2D eigenvalue weighted by Gasteiger charge is -2.08. The van der Waals surface area contributed by atoms with Crippen LogP contribution in [0.1, 0.15) is 13.8 Å². The number of rotatable bonds is 3. The van der Waals surface area contributed by atoms with E-state index >= 15 is 0 Å². The van der Waals surface area contributed by atoms with E-state index in [-0.39, 0.29) is 11.9 Å². The number of nitrogens with zero attached hydrogens (tertiary/aromatic N) is 4. The van der Waals surface area contributed by atoms with Gasteiger partial charge in [-0.15, -0.1) is 5.10 Å². The number of anilines is 1. The molecular formula is C10H12ClN5O. The van der Waals surface area contributed by atoms with Gasteiger partial charge in [0, 0.05) is 0 Å². The lowest BCUT2D eigenvalue weighted by atomic mass is 10.5. The summed E-state index contributed by atoms with van der Waals surface area (Å²) in [5.74, 6) is 1.19. The molecule has 0 aliphatic heterocycles. The molecule has 6 nitrogen and oxygen atoms in total. The topological polar surface area (TPSA) is 78.9 Å². The number of hydrogen-bond acceptors (Lipinski definition) is 5. The van der Waals surface area contributed by atoms with E-state index in [0.29, 0.717) is 16.7 Å². The number of nitrogen functional groups attached to an aromatic ring is 1.